The second kappa shape index (κ2) is 14.5. The standard InChI is InChI=1S/C21H45N/c1-6-7-8-9-10-11-12-13-14-15-16-17-18-19-20-21(2,3)22(4)5/h6-20H2,1-5H3. The van der Waals surface area contributed by atoms with Crippen LogP contribution in [0.2, 0.25) is 0 Å². The largest absolute Gasteiger partial charge is 0.304 e. The summed E-state index contributed by atoms with van der Waals surface area (Å²) in [6, 6.07) is 0. The van der Waals surface area contributed by atoms with E-state index in [-0.39, 0.29) is 0 Å². The van der Waals surface area contributed by atoms with Crippen LogP contribution in [-0.2, 0) is 0 Å². The summed E-state index contributed by atoms with van der Waals surface area (Å²) < 4.78 is 0. The molecule has 0 spiro atoms. The molecule has 0 unspecified atom stereocenters. The third kappa shape index (κ3) is 13.6. The van der Waals surface area contributed by atoms with Crippen LogP contribution in [0, 0.1) is 0 Å². The maximum atomic E-state index is 2.36. The second-order valence-electron chi connectivity index (χ2n) is 8.05. The van der Waals surface area contributed by atoms with Gasteiger partial charge in [-0.1, -0.05) is 96.8 Å². The quantitative estimate of drug-likeness (QED) is 0.272. The summed E-state index contributed by atoms with van der Waals surface area (Å²) >= 11 is 0. The van der Waals surface area contributed by atoms with E-state index in [4.69, 9.17) is 0 Å². The summed E-state index contributed by atoms with van der Waals surface area (Å²) in [5.41, 5.74) is 0.372. The monoisotopic (exact) mass is 311 g/mol. The minimum atomic E-state index is 0.372. The van der Waals surface area contributed by atoms with E-state index in [2.05, 4.69) is 39.8 Å². The molecule has 0 aromatic carbocycles. The molecule has 0 rings (SSSR count). The lowest BCUT2D eigenvalue weighted by molar-refractivity contribution is 0.177. The Balaban J connectivity index is 3.15. The van der Waals surface area contributed by atoms with Gasteiger partial charge in [0.05, 0.1) is 0 Å². The van der Waals surface area contributed by atoms with Gasteiger partial charge in [0.25, 0.3) is 0 Å². The van der Waals surface area contributed by atoms with Gasteiger partial charge in [0, 0.05) is 5.54 Å². The normalized spacial score (nSPS) is 12.3. The SMILES string of the molecule is CCCCCCCCCCCCCCCCC(C)(C)N(C)C. The molecule has 0 radical (unpaired) electrons. The number of unbranched alkanes of at least 4 members (excludes halogenated alkanes) is 13. The first kappa shape index (κ1) is 22.0. The molecule has 0 atom stereocenters. The van der Waals surface area contributed by atoms with E-state index in [1.807, 2.05) is 0 Å². The molecule has 0 aliphatic rings. The molecule has 0 saturated heterocycles. The summed E-state index contributed by atoms with van der Waals surface area (Å²) in [5.74, 6) is 0. The molecule has 0 fully saturated rings. The fourth-order valence-electron chi connectivity index (χ4n) is 2.98. The predicted molar refractivity (Wildman–Crippen MR) is 103 cm³/mol. The molecule has 0 bridgehead atoms. The summed E-state index contributed by atoms with van der Waals surface area (Å²) in [6.45, 7) is 7.01. The van der Waals surface area contributed by atoms with Crippen LogP contribution in [0.1, 0.15) is 117 Å². The van der Waals surface area contributed by atoms with Gasteiger partial charge in [-0.15, -0.1) is 0 Å². The molecule has 0 aliphatic heterocycles. The first-order valence-corrected chi connectivity index (χ1v) is 10.2. The van der Waals surface area contributed by atoms with Crippen molar-refractivity contribution in [1.82, 2.24) is 4.90 Å². The Morgan fingerprint density at radius 3 is 1.18 bits per heavy atom. The van der Waals surface area contributed by atoms with Crippen LogP contribution in [0.25, 0.3) is 0 Å². The van der Waals surface area contributed by atoms with E-state index in [0.29, 0.717) is 5.54 Å². The van der Waals surface area contributed by atoms with Crippen LogP contribution in [0.4, 0.5) is 0 Å². The number of rotatable bonds is 16. The highest BCUT2D eigenvalue weighted by Crippen LogP contribution is 2.20. The van der Waals surface area contributed by atoms with Gasteiger partial charge >= 0.3 is 0 Å². The van der Waals surface area contributed by atoms with E-state index in [1.165, 1.54) is 96.3 Å². The molecule has 0 amide bonds. The average Bonchev–Trinajstić information content (AvgIpc) is 2.47. The molecule has 0 aliphatic carbocycles. The number of nitrogens with zero attached hydrogens (tertiary/aromatic N) is 1. The van der Waals surface area contributed by atoms with Crippen molar-refractivity contribution in [3.63, 3.8) is 0 Å². The van der Waals surface area contributed by atoms with Crippen LogP contribution < -0.4 is 0 Å². The van der Waals surface area contributed by atoms with Crippen molar-refractivity contribution in [2.24, 2.45) is 0 Å². The van der Waals surface area contributed by atoms with Crippen LogP contribution in [0.5, 0.6) is 0 Å². The van der Waals surface area contributed by atoms with Gasteiger partial charge in [0.15, 0.2) is 0 Å². The molecule has 0 N–H and O–H groups in total. The smallest absolute Gasteiger partial charge is 0.0147 e. The van der Waals surface area contributed by atoms with E-state index in [1.54, 1.807) is 0 Å². The molecule has 0 aromatic rings. The van der Waals surface area contributed by atoms with Crippen molar-refractivity contribution in [2.75, 3.05) is 14.1 Å². The summed E-state index contributed by atoms with van der Waals surface area (Å²) in [6.07, 6.45) is 21.6. The Kier molecular flexibility index (Phi) is 14.5. The minimum Gasteiger partial charge on any atom is -0.304 e. The second-order valence-corrected chi connectivity index (χ2v) is 8.05. The van der Waals surface area contributed by atoms with Gasteiger partial charge in [-0.05, 0) is 34.4 Å². The molecule has 1 nitrogen and oxygen atoms in total. The van der Waals surface area contributed by atoms with Crippen molar-refractivity contribution in [3.8, 4) is 0 Å². The van der Waals surface area contributed by atoms with Gasteiger partial charge in [-0.2, -0.15) is 0 Å². The fraction of sp³-hybridized carbons (Fsp3) is 1.00. The van der Waals surface area contributed by atoms with Crippen LogP contribution in [0.3, 0.4) is 0 Å². The summed E-state index contributed by atoms with van der Waals surface area (Å²) in [7, 11) is 4.40. The van der Waals surface area contributed by atoms with Gasteiger partial charge in [0.1, 0.15) is 0 Å². The molecule has 134 valence electrons. The first-order valence-electron chi connectivity index (χ1n) is 10.2. The molecular weight excluding hydrogens is 266 g/mol. The highest BCUT2D eigenvalue weighted by Gasteiger charge is 2.18. The Bertz CT molecular complexity index is 220. The fourth-order valence-corrected chi connectivity index (χ4v) is 2.98. The summed E-state index contributed by atoms with van der Waals surface area (Å²) in [5, 5.41) is 0. The van der Waals surface area contributed by atoms with E-state index >= 15 is 0 Å². The van der Waals surface area contributed by atoms with Gasteiger partial charge in [-0.3, -0.25) is 0 Å². The molecule has 22 heavy (non-hydrogen) atoms. The van der Waals surface area contributed by atoms with Crippen molar-refractivity contribution in [1.29, 1.82) is 0 Å². The van der Waals surface area contributed by atoms with Crippen LogP contribution in [-0.4, -0.2) is 24.5 Å². The lowest BCUT2D eigenvalue weighted by Gasteiger charge is -2.32. The zero-order valence-electron chi connectivity index (χ0n) is 16.6. The third-order valence-corrected chi connectivity index (χ3v) is 5.35. The maximum absolute atomic E-state index is 2.36. The van der Waals surface area contributed by atoms with Gasteiger partial charge < -0.3 is 4.90 Å². The van der Waals surface area contributed by atoms with E-state index in [0.717, 1.165) is 0 Å². The highest BCUT2D eigenvalue weighted by atomic mass is 15.1. The lowest BCUT2D eigenvalue weighted by atomic mass is 9.95. The van der Waals surface area contributed by atoms with Crippen molar-refractivity contribution >= 4 is 0 Å². The van der Waals surface area contributed by atoms with Crippen LogP contribution >= 0.6 is 0 Å². The third-order valence-electron chi connectivity index (χ3n) is 5.35. The lowest BCUT2D eigenvalue weighted by Crippen LogP contribution is -2.37. The zero-order valence-corrected chi connectivity index (χ0v) is 16.6. The molecular formula is C21H45N. The topological polar surface area (TPSA) is 3.24 Å². The van der Waals surface area contributed by atoms with Crippen molar-refractivity contribution in [2.45, 2.75) is 123 Å². The van der Waals surface area contributed by atoms with Crippen molar-refractivity contribution in [3.05, 3.63) is 0 Å². The van der Waals surface area contributed by atoms with E-state index < -0.39 is 0 Å². The average molecular weight is 312 g/mol. The van der Waals surface area contributed by atoms with Gasteiger partial charge in [-0.25, -0.2) is 0 Å². The molecule has 0 saturated carbocycles. The van der Waals surface area contributed by atoms with E-state index in [9.17, 15) is 0 Å². The Hall–Kier alpha value is -0.0400. The molecule has 0 heterocycles. The molecule has 1 heteroatoms. The Morgan fingerprint density at radius 2 is 0.864 bits per heavy atom. The molecule has 0 aromatic heterocycles. The maximum Gasteiger partial charge on any atom is 0.0147 e. The Morgan fingerprint density at radius 1 is 0.545 bits per heavy atom. The van der Waals surface area contributed by atoms with Gasteiger partial charge in [0.2, 0.25) is 0 Å². The number of hydrogen-bond acceptors (Lipinski definition) is 1. The van der Waals surface area contributed by atoms with Crippen molar-refractivity contribution < 1.29 is 0 Å². The highest BCUT2D eigenvalue weighted by molar-refractivity contribution is 4.76. The predicted octanol–water partition coefficient (Wildman–Crippen LogP) is 7.20. The van der Waals surface area contributed by atoms with Crippen LogP contribution in [0.15, 0.2) is 0 Å². The first-order chi connectivity index (χ1) is 10.5. The zero-order chi connectivity index (χ0) is 16.7. The Labute approximate surface area is 142 Å². The minimum absolute atomic E-state index is 0.372. The number of hydrogen-bond donors (Lipinski definition) is 0. The summed E-state index contributed by atoms with van der Waals surface area (Å²) in [4.78, 5) is 2.36.